The SMILES string of the molecule is CCOc1ccc(CCNC(=NC)NCC(C)CN2CCN(C)CC2)cc1OCC.I. The predicted molar refractivity (Wildman–Crippen MR) is 140 cm³/mol. The Balaban J connectivity index is 0.00000480. The third-order valence-electron chi connectivity index (χ3n) is 5.32. The van der Waals surface area contributed by atoms with Gasteiger partial charge in [-0.2, -0.15) is 0 Å². The minimum atomic E-state index is 0. The lowest BCUT2D eigenvalue weighted by Gasteiger charge is -2.34. The molecule has 1 aromatic rings. The number of nitrogens with one attached hydrogen (secondary N) is 2. The molecule has 0 amide bonds. The van der Waals surface area contributed by atoms with E-state index < -0.39 is 0 Å². The summed E-state index contributed by atoms with van der Waals surface area (Å²) in [4.78, 5) is 9.32. The van der Waals surface area contributed by atoms with E-state index in [9.17, 15) is 0 Å². The summed E-state index contributed by atoms with van der Waals surface area (Å²) in [5.74, 6) is 3.06. The van der Waals surface area contributed by atoms with Crippen LogP contribution in [0.1, 0.15) is 26.3 Å². The fourth-order valence-corrected chi connectivity index (χ4v) is 3.60. The van der Waals surface area contributed by atoms with E-state index in [4.69, 9.17) is 9.47 Å². The zero-order valence-electron chi connectivity index (χ0n) is 19.9. The molecule has 2 rings (SSSR count). The highest BCUT2D eigenvalue weighted by atomic mass is 127. The molecular formula is C23H42IN5O2. The summed E-state index contributed by atoms with van der Waals surface area (Å²) in [6.45, 7) is 15.1. The molecule has 1 unspecified atom stereocenters. The lowest BCUT2D eigenvalue weighted by Crippen LogP contribution is -2.47. The van der Waals surface area contributed by atoms with Crippen molar-refractivity contribution in [1.82, 2.24) is 20.4 Å². The molecule has 1 aliphatic rings. The first-order valence-electron chi connectivity index (χ1n) is 11.3. The summed E-state index contributed by atoms with van der Waals surface area (Å²) in [6.07, 6.45) is 0.893. The molecule has 31 heavy (non-hydrogen) atoms. The first kappa shape index (κ1) is 27.8. The zero-order chi connectivity index (χ0) is 21.8. The molecule has 7 nitrogen and oxygen atoms in total. The minimum Gasteiger partial charge on any atom is -0.490 e. The second kappa shape index (κ2) is 15.5. The molecule has 1 aliphatic heterocycles. The molecule has 0 aromatic heterocycles. The Hall–Kier alpha value is -1.26. The van der Waals surface area contributed by atoms with Crippen molar-refractivity contribution in [2.75, 3.05) is 73.1 Å². The van der Waals surface area contributed by atoms with E-state index in [-0.39, 0.29) is 24.0 Å². The van der Waals surface area contributed by atoms with Gasteiger partial charge in [0.2, 0.25) is 0 Å². The Kier molecular flexibility index (Phi) is 13.9. The Labute approximate surface area is 206 Å². The molecule has 1 aromatic carbocycles. The number of halogens is 1. The summed E-state index contributed by atoms with van der Waals surface area (Å²) in [7, 11) is 4.02. The number of hydrogen-bond donors (Lipinski definition) is 2. The van der Waals surface area contributed by atoms with Crippen LogP contribution in [0.5, 0.6) is 11.5 Å². The van der Waals surface area contributed by atoms with Gasteiger partial charge < -0.3 is 29.9 Å². The van der Waals surface area contributed by atoms with E-state index in [0.29, 0.717) is 19.1 Å². The van der Waals surface area contributed by atoms with Gasteiger partial charge >= 0.3 is 0 Å². The highest BCUT2D eigenvalue weighted by Gasteiger charge is 2.16. The molecule has 8 heteroatoms. The van der Waals surface area contributed by atoms with Crippen molar-refractivity contribution in [3.05, 3.63) is 23.8 Å². The van der Waals surface area contributed by atoms with Crippen LogP contribution in [-0.4, -0.2) is 88.9 Å². The van der Waals surface area contributed by atoms with Gasteiger partial charge in [-0.3, -0.25) is 4.99 Å². The first-order valence-corrected chi connectivity index (χ1v) is 11.3. The molecule has 178 valence electrons. The monoisotopic (exact) mass is 547 g/mol. The van der Waals surface area contributed by atoms with Crippen molar-refractivity contribution in [3.63, 3.8) is 0 Å². The molecule has 0 aliphatic carbocycles. The number of ether oxygens (including phenoxy) is 2. The van der Waals surface area contributed by atoms with E-state index in [1.165, 1.54) is 31.7 Å². The van der Waals surface area contributed by atoms with Crippen molar-refractivity contribution in [3.8, 4) is 11.5 Å². The summed E-state index contributed by atoms with van der Waals surface area (Å²) in [5.41, 5.74) is 1.22. The van der Waals surface area contributed by atoms with Crippen LogP contribution < -0.4 is 20.1 Å². The minimum absolute atomic E-state index is 0. The second-order valence-corrected chi connectivity index (χ2v) is 7.99. The van der Waals surface area contributed by atoms with Crippen LogP contribution in [0.15, 0.2) is 23.2 Å². The second-order valence-electron chi connectivity index (χ2n) is 7.99. The maximum atomic E-state index is 5.72. The van der Waals surface area contributed by atoms with E-state index in [1.54, 1.807) is 0 Å². The van der Waals surface area contributed by atoms with E-state index in [2.05, 4.69) is 51.5 Å². The highest BCUT2D eigenvalue weighted by molar-refractivity contribution is 14.0. The van der Waals surface area contributed by atoms with Crippen molar-refractivity contribution in [1.29, 1.82) is 0 Å². The summed E-state index contributed by atoms with van der Waals surface area (Å²) in [5, 5.41) is 6.89. The molecule has 0 bridgehead atoms. The van der Waals surface area contributed by atoms with Crippen molar-refractivity contribution in [2.24, 2.45) is 10.9 Å². The Morgan fingerprint density at radius 1 is 1.06 bits per heavy atom. The number of hydrogen-bond acceptors (Lipinski definition) is 5. The summed E-state index contributed by atoms with van der Waals surface area (Å²) < 4.78 is 11.4. The molecule has 1 heterocycles. The number of aliphatic imine (C=N–C) groups is 1. The lowest BCUT2D eigenvalue weighted by molar-refractivity contribution is 0.139. The van der Waals surface area contributed by atoms with Crippen LogP contribution in [0, 0.1) is 5.92 Å². The Morgan fingerprint density at radius 3 is 2.39 bits per heavy atom. The van der Waals surface area contributed by atoms with Crippen LogP contribution in [0.4, 0.5) is 0 Å². The molecule has 1 fully saturated rings. The number of nitrogens with zero attached hydrogens (tertiary/aromatic N) is 3. The van der Waals surface area contributed by atoms with E-state index in [1.807, 2.05) is 27.0 Å². The van der Waals surface area contributed by atoms with Crippen molar-refractivity contribution >= 4 is 29.9 Å². The summed E-state index contributed by atoms with van der Waals surface area (Å²) in [6, 6.07) is 6.17. The van der Waals surface area contributed by atoms with E-state index >= 15 is 0 Å². The van der Waals surface area contributed by atoms with Gasteiger partial charge in [0.25, 0.3) is 0 Å². The lowest BCUT2D eigenvalue weighted by atomic mass is 10.1. The molecule has 0 spiro atoms. The van der Waals surface area contributed by atoms with Crippen LogP contribution in [0.25, 0.3) is 0 Å². The standard InChI is InChI=1S/C23H41N5O2.HI/c1-6-29-21-9-8-20(16-22(21)30-7-2)10-11-25-23(24-4)26-17-19(3)18-28-14-12-27(5)13-15-28;/h8-9,16,19H,6-7,10-15,17-18H2,1-5H3,(H2,24,25,26);1H. The molecule has 1 saturated heterocycles. The zero-order valence-corrected chi connectivity index (χ0v) is 22.3. The quantitative estimate of drug-likeness (QED) is 0.253. The Morgan fingerprint density at radius 2 is 1.74 bits per heavy atom. The first-order chi connectivity index (χ1) is 14.5. The fourth-order valence-electron chi connectivity index (χ4n) is 3.60. The average Bonchev–Trinajstić information content (AvgIpc) is 2.74. The number of benzene rings is 1. The smallest absolute Gasteiger partial charge is 0.190 e. The molecular weight excluding hydrogens is 505 g/mol. The third-order valence-corrected chi connectivity index (χ3v) is 5.32. The van der Waals surface area contributed by atoms with Gasteiger partial charge in [-0.15, -0.1) is 24.0 Å². The van der Waals surface area contributed by atoms with Crippen molar-refractivity contribution < 1.29 is 9.47 Å². The molecule has 1 atom stereocenters. The molecule has 2 N–H and O–H groups in total. The number of likely N-dealkylation sites (N-methyl/N-ethyl adjacent to an activating group) is 1. The van der Waals surface area contributed by atoms with E-state index in [0.717, 1.165) is 43.5 Å². The van der Waals surface area contributed by atoms with Gasteiger partial charge in [0.1, 0.15) is 0 Å². The van der Waals surface area contributed by atoms with Crippen LogP contribution in [0.3, 0.4) is 0 Å². The van der Waals surface area contributed by atoms with Gasteiger partial charge in [-0.1, -0.05) is 13.0 Å². The molecule has 0 saturated carbocycles. The largest absolute Gasteiger partial charge is 0.490 e. The van der Waals surface area contributed by atoms with Crippen molar-refractivity contribution in [2.45, 2.75) is 27.2 Å². The van der Waals surface area contributed by atoms with Crippen LogP contribution >= 0.6 is 24.0 Å². The fraction of sp³-hybridized carbons (Fsp3) is 0.696. The predicted octanol–water partition coefficient (Wildman–Crippen LogP) is 2.69. The number of piperazine rings is 1. The topological polar surface area (TPSA) is 61.4 Å². The van der Waals surface area contributed by atoms with Gasteiger partial charge in [-0.25, -0.2) is 0 Å². The van der Waals surface area contributed by atoms with Gasteiger partial charge in [0.15, 0.2) is 17.5 Å². The maximum Gasteiger partial charge on any atom is 0.190 e. The van der Waals surface area contributed by atoms with Gasteiger partial charge in [0.05, 0.1) is 13.2 Å². The normalized spacial score (nSPS) is 16.4. The summed E-state index contributed by atoms with van der Waals surface area (Å²) >= 11 is 0. The maximum absolute atomic E-state index is 5.72. The molecule has 0 radical (unpaired) electrons. The van der Waals surface area contributed by atoms with Crippen LogP contribution in [0.2, 0.25) is 0 Å². The van der Waals surface area contributed by atoms with Gasteiger partial charge in [-0.05, 0) is 50.9 Å². The number of guanidine groups is 1. The Bertz CT molecular complexity index is 651. The van der Waals surface area contributed by atoms with Gasteiger partial charge in [0, 0.05) is 52.9 Å². The number of rotatable bonds is 11. The highest BCUT2D eigenvalue weighted by Crippen LogP contribution is 2.28. The third kappa shape index (κ3) is 10.3. The van der Waals surface area contributed by atoms with Crippen LogP contribution in [-0.2, 0) is 6.42 Å². The average molecular weight is 548 g/mol.